The Kier molecular flexibility index (Phi) is 5.07. The standard InChI is InChI=1S/C23H23N5O3S/c1-27-12-23(13-27)14-28(22(30)31-23)11-17-6-4-16(10-25-17)21(29)26-19-9-15(5-7-18(19)24)20-3-2-8-32-20/h2-10H,11-14,24H2,1H3,(H,26,29). The lowest BCUT2D eigenvalue weighted by Gasteiger charge is -2.43. The zero-order chi connectivity index (χ0) is 22.3. The van der Waals surface area contributed by atoms with Crippen LogP contribution in [0, 0.1) is 0 Å². The Morgan fingerprint density at radius 2 is 2.09 bits per heavy atom. The van der Waals surface area contributed by atoms with Crippen LogP contribution in [0.5, 0.6) is 0 Å². The van der Waals surface area contributed by atoms with E-state index >= 15 is 0 Å². The minimum absolute atomic E-state index is 0.295. The van der Waals surface area contributed by atoms with Crippen LogP contribution in [0.15, 0.2) is 54.0 Å². The third-order valence-electron chi connectivity index (χ3n) is 5.70. The average Bonchev–Trinajstić information content (AvgIpc) is 3.39. The first-order valence-electron chi connectivity index (χ1n) is 10.3. The number of nitrogens with zero attached hydrogens (tertiary/aromatic N) is 3. The number of carbonyl (C=O) groups is 2. The number of hydrogen-bond acceptors (Lipinski definition) is 7. The van der Waals surface area contributed by atoms with Crippen molar-refractivity contribution < 1.29 is 14.3 Å². The van der Waals surface area contributed by atoms with Gasteiger partial charge in [-0.15, -0.1) is 11.3 Å². The number of benzene rings is 1. The number of amides is 2. The highest BCUT2D eigenvalue weighted by atomic mass is 32.1. The smallest absolute Gasteiger partial charge is 0.410 e. The number of anilines is 2. The number of pyridine rings is 1. The molecule has 1 spiro atoms. The molecule has 2 amide bonds. The van der Waals surface area contributed by atoms with Gasteiger partial charge in [0.1, 0.15) is 0 Å². The Bertz CT molecular complexity index is 1160. The minimum Gasteiger partial charge on any atom is -0.438 e. The highest BCUT2D eigenvalue weighted by Crippen LogP contribution is 2.32. The molecule has 32 heavy (non-hydrogen) atoms. The topological polar surface area (TPSA) is 101 Å². The number of hydrogen-bond donors (Lipinski definition) is 2. The van der Waals surface area contributed by atoms with Crippen LogP contribution in [0.2, 0.25) is 0 Å². The van der Waals surface area contributed by atoms with Crippen molar-refractivity contribution in [2.24, 2.45) is 0 Å². The molecule has 2 saturated heterocycles. The molecule has 8 nitrogen and oxygen atoms in total. The molecule has 0 bridgehead atoms. The summed E-state index contributed by atoms with van der Waals surface area (Å²) in [6.07, 6.45) is 1.20. The van der Waals surface area contributed by atoms with Gasteiger partial charge in [0.25, 0.3) is 5.91 Å². The molecule has 5 rings (SSSR count). The molecule has 2 aliphatic rings. The molecule has 1 aromatic carbocycles. The molecule has 3 aromatic rings. The van der Waals surface area contributed by atoms with E-state index in [1.54, 1.807) is 34.4 Å². The summed E-state index contributed by atoms with van der Waals surface area (Å²) in [5.41, 5.74) is 8.83. The van der Waals surface area contributed by atoms with E-state index in [0.29, 0.717) is 35.7 Å². The number of nitrogens with one attached hydrogen (secondary N) is 1. The van der Waals surface area contributed by atoms with Crippen molar-refractivity contribution >= 4 is 34.7 Å². The van der Waals surface area contributed by atoms with E-state index in [0.717, 1.165) is 23.5 Å². The number of likely N-dealkylation sites (tertiary alicyclic amines) is 1. The van der Waals surface area contributed by atoms with Crippen molar-refractivity contribution in [1.82, 2.24) is 14.8 Å². The van der Waals surface area contributed by atoms with Crippen LogP contribution in [0.3, 0.4) is 0 Å². The van der Waals surface area contributed by atoms with E-state index in [9.17, 15) is 9.59 Å². The number of likely N-dealkylation sites (N-methyl/N-ethyl adjacent to an activating group) is 1. The van der Waals surface area contributed by atoms with Gasteiger partial charge in [0, 0.05) is 24.2 Å². The normalized spacial score (nSPS) is 17.3. The zero-order valence-electron chi connectivity index (χ0n) is 17.6. The Balaban J connectivity index is 1.24. The summed E-state index contributed by atoms with van der Waals surface area (Å²) in [5.74, 6) is -0.295. The van der Waals surface area contributed by atoms with Gasteiger partial charge >= 0.3 is 6.09 Å². The van der Waals surface area contributed by atoms with E-state index < -0.39 is 0 Å². The molecule has 2 fully saturated rings. The summed E-state index contributed by atoms with van der Waals surface area (Å²) in [7, 11) is 2.00. The first-order chi connectivity index (χ1) is 15.4. The Hall–Kier alpha value is -3.43. The van der Waals surface area contributed by atoms with Gasteiger partial charge in [-0.05, 0) is 48.3 Å². The predicted molar refractivity (Wildman–Crippen MR) is 123 cm³/mol. The summed E-state index contributed by atoms with van der Waals surface area (Å²) in [4.78, 5) is 34.2. The first-order valence-corrected chi connectivity index (χ1v) is 11.1. The van der Waals surface area contributed by atoms with Crippen LogP contribution in [-0.2, 0) is 11.3 Å². The van der Waals surface area contributed by atoms with Crippen molar-refractivity contribution in [1.29, 1.82) is 0 Å². The van der Waals surface area contributed by atoms with Crippen LogP contribution in [0.25, 0.3) is 10.4 Å². The summed E-state index contributed by atoms with van der Waals surface area (Å²) < 4.78 is 5.56. The monoisotopic (exact) mass is 449 g/mol. The fourth-order valence-corrected chi connectivity index (χ4v) is 4.94. The number of carbonyl (C=O) groups excluding carboxylic acids is 2. The minimum atomic E-state index is -0.386. The lowest BCUT2D eigenvalue weighted by Crippen LogP contribution is -2.62. The Labute approximate surface area is 189 Å². The fraction of sp³-hybridized carbons (Fsp3) is 0.261. The van der Waals surface area contributed by atoms with Crippen LogP contribution >= 0.6 is 11.3 Å². The maximum Gasteiger partial charge on any atom is 0.410 e. The predicted octanol–water partition coefficient (Wildman–Crippen LogP) is 3.28. The SMILES string of the molecule is CN1CC2(C1)CN(Cc1ccc(C(=O)Nc3cc(-c4cccs4)ccc3N)cn1)C(=O)O2. The number of rotatable bonds is 5. The molecule has 0 saturated carbocycles. The van der Waals surface area contributed by atoms with Crippen molar-refractivity contribution in [3.8, 4) is 10.4 Å². The molecular formula is C23H23N5O3S. The second kappa shape index (κ2) is 7.92. The van der Waals surface area contributed by atoms with Gasteiger partial charge in [-0.3, -0.25) is 19.6 Å². The average molecular weight is 450 g/mol. The van der Waals surface area contributed by atoms with Gasteiger partial charge in [-0.1, -0.05) is 12.1 Å². The number of ether oxygens (including phenoxy) is 1. The van der Waals surface area contributed by atoms with Crippen LogP contribution in [-0.4, -0.2) is 59.1 Å². The molecule has 4 heterocycles. The second-order valence-electron chi connectivity index (χ2n) is 8.35. The Morgan fingerprint density at radius 1 is 1.25 bits per heavy atom. The number of nitrogen functional groups attached to an aromatic ring is 1. The lowest BCUT2D eigenvalue weighted by molar-refractivity contribution is -0.0609. The van der Waals surface area contributed by atoms with Crippen LogP contribution in [0.4, 0.5) is 16.2 Å². The Morgan fingerprint density at radius 3 is 2.78 bits per heavy atom. The van der Waals surface area contributed by atoms with Gasteiger partial charge in [0.15, 0.2) is 5.60 Å². The van der Waals surface area contributed by atoms with Gasteiger partial charge < -0.3 is 15.8 Å². The maximum absolute atomic E-state index is 12.7. The van der Waals surface area contributed by atoms with E-state index in [4.69, 9.17) is 10.5 Å². The van der Waals surface area contributed by atoms with Crippen LogP contribution in [0.1, 0.15) is 16.1 Å². The van der Waals surface area contributed by atoms with E-state index in [-0.39, 0.29) is 17.6 Å². The molecule has 0 atom stereocenters. The van der Waals surface area contributed by atoms with Crippen LogP contribution < -0.4 is 11.1 Å². The van der Waals surface area contributed by atoms with E-state index in [2.05, 4.69) is 15.2 Å². The van der Waals surface area contributed by atoms with E-state index in [1.807, 2.05) is 36.7 Å². The fourth-order valence-electron chi connectivity index (χ4n) is 4.22. The third kappa shape index (κ3) is 3.92. The molecule has 2 aliphatic heterocycles. The van der Waals surface area contributed by atoms with Crippen molar-refractivity contribution in [2.75, 3.05) is 37.7 Å². The molecule has 0 aliphatic carbocycles. The number of thiophene rings is 1. The number of nitrogens with two attached hydrogens (primary N) is 1. The molecule has 0 unspecified atom stereocenters. The quantitative estimate of drug-likeness (QED) is 0.580. The van der Waals surface area contributed by atoms with Crippen molar-refractivity contribution in [2.45, 2.75) is 12.1 Å². The second-order valence-corrected chi connectivity index (χ2v) is 9.30. The van der Waals surface area contributed by atoms with E-state index in [1.165, 1.54) is 6.20 Å². The molecule has 0 radical (unpaired) electrons. The maximum atomic E-state index is 12.7. The highest BCUT2D eigenvalue weighted by Gasteiger charge is 2.52. The molecule has 2 aromatic heterocycles. The first kappa shape index (κ1) is 20.5. The number of aromatic nitrogens is 1. The summed E-state index contributed by atoms with van der Waals surface area (Å²) in [6, 6.07) is 13.0. The van der Waals surface area contributed by atoms with Crippen molar-refractivity contribution in [3.63, 3.8) is 0 Å². The van der Waals surface area contributed by atoms with Gasteiger partial charge in [0.2, 0.25) is 0 Å². The van der Waals surface area contributed by atoms with Gasteiger partial charge in [-0.2, -0.15) is 0 Å². The summed E-state index contributed by atoms with van der Waals surface area (Å²) in [5, 5.41) is 4.87. The van der Waals surface area contributed by atoms with Gasteiger partial charge in [0.05, 0.1) is 35.7 Å². The molecule has 9 heteroatoms. The molecule has 164 valence electrons. The largest absolute Gasteiger partial charge is 0.438 e. The van der Waals surface area contributed by atoms with Gasteiger partial charge in [-0.25, -0.2) is 4.79 Å². The summed E-state index contributed by atoms with van der Waals surface area (Å²) in [6.45, 7) is 2.40. The zero-order valence-corrected chi connectivity index (χ0v) is 18.4. The molecule has 3 N–H and O–H groups in total. The third-order valence-corrected chi connectivity index (χ3v) is 6.62. The summed E-state index contributed by atoms with van der Waals surface area (Å²) >= 11 is 1.62. The molecular weight excluding hydrogens is 426 g/mol. The highest BCUT2D eigenvalue weighted by molar-refractivity contribution is 7.13. The lowest BCUT2D eigenvalue weighted by atomic mass is 9.95. The van der Waals surface area contributed by atoms with Crippen molar-refractivity contribution in [3.05, 3.63) is 65.3 Å².